The highest BCUT2D eigenvalue weighted by atomic mass is 35.5. The topological polar surface area (TPSA) is 43.9 Å². The summed E-state index contributed by atoms with van der Waals surface area (Å²) in [5, 5.41) is 0.948. The fraction of sp³-hybridized carbons (Fsp3) is 0.286. The summed E-state index contributed by atoms with van der Waals surface area (Å²) in [6.07, 6.45) is 0. The van der Waals surface area contributed by atoms with Crippen molar-refractivity contribution in [3.63, 3.8) is 0 Å². The van der Waals surface area contributed by atoms with Gasteiger partial charge in [0, 0.05) is 0 Å². The molecule has 2 aromatic heterocycles. The number of benzene rings is 1. The second-order valence-corrected chi connectivity index (χ2v) is 5.83. The lowest BCUT2D eigenvalue weighted by Crippen LogP contribution is -2.04. The van der Waals surface area contributed by atoms with Crippen molar-refractivity contribution in [3.05, 3.63) is 45.3 Å². The zero-order valence-corrected chi connectivity index (χ0v) is 13.7. The first-order valence-electron chi connectivity index (χ1n) is 6.32. The minimum absolute atomic E-state index is 0.280. The highest BCUT2D eigenvalue weighted by molar-refractivity contribution is 6.42. The van der Waals surface area contributed by atoms with Crippen molar-refractivity contribution in [2.75, 3.05) is 0 Å². The van der Waals surface area contributed by atoms with Crippen molar-refractivity contribution >= 4 is 45.8 Å². The van der Waals surface area contributed by atoms with Gasteiger partial charge in [-0.05, 0) is 26.0 Å². The lowest BCUT2D eigenvalue weighted by Gasteiger charge is -2.05. The van der Waals surface area contributed by atoms with E-state index in [0.717, 1.165) is 28.3 Å². The second kappa shape index (κ2) is 5.52. The van der Waals surface area contributed by atoms with Crippen molar-refractivity contribution in [3.8, 4) is 0 Å². The highest BCUT2D eigenvalue weighted by Crippen LogP contribution is 2.29. The summed E-state index contributed by atoms with van der Waals surface area (Å²) in [6, 6.07) is 3.52. The van der Waals surface area contributed by atoms with Crippen molar-refractivity contribution in [2.24, 2.45) is 0 Å². The van der Waals surface area contributed by atoms with Crippen LogP contribution in [0.1, 0.15) is 23.2 Å². The van der Waals surface area contributed by atoms with Gasteiger partial charge in [0.1, 0.15) is 18.1 Å². The molecule has 1 aromatic carbocycles. The molecule has 3 aromatic rings. The average Bonchev–Trinajstić information content (AvgIpc) is 2.92. The molecule has 0 amide bonds. The van der Waals surface area contributed by atoms with Crippen LogP contribution in [0.15, 0.2) is 16.5 Å². The molecule has 0 fully saturated rings. The standard InChI is InChI=1S/C14H12Cl3N3O/c1-7-8(2)21-14(18-7)6-20-12-4-10(17)9(16)3-11(12)19-13(20)5-15/h3-4H,5-6H2,1-2H3. The number of rotatable bonds is 3. The molecule has 21 heavy (non-hydrogen) atoms. The lowest BCUT2D eigenvalue weighted by molar-refractivity contribution is 0.457. The molecule has 0 N–H and O–H groups in total. The molecule has 7 heteroatoms. The number of aromatic nitrogens is 3. The van der Waals surface area contributed by atoms with E-state index < -0.39 is 0 Å². The molecule has 110 valence electrons. The maximum absolute atomic E-state index is 6.10. The molecular weight excluding hydrogens is 333 g/mol. The van der Waals surface area contributed by atoms with Crippen LogP contribution in [0.2, 0.25) is 10.0 Å². The summed E-state index contributed by atoms with van der Waals surface area (Å²) in [5.41, 5.74) is 2.48. The quantitative estimate of drug-likeness (QED) is 0.645. The van der Waals surface area contributed by atoms with Gasteiger partial charge in [0.05, 0.1) is 32.7 Å². The third kappa shape index (κ3) is 2.63. The van der Waals surface area contributed by atoms with E-state index >= 15 is 0 Å². The predicted molar refractivity (Wildman–Crippen MR) is 84.4 cm³/mol. The zero-order valence-electron chi connectivity index (χ0n) is 11.5. The van der Waals surface area contributed by atoms with Crippen molar-refractivity contribution in [1.82, 2.24) is 14.5 Å². The second-order valence-electron chi connectivity index (χ2n) is 4.75. The number of aryl methyl sites for hydroxylation is 2. The number of fused-ring (bicyclic) bond motifs is 1. The van der Waals surface area contributed by atoms with Gasteiger partial charge in [-0.1, -0.05) is 23.2 Å². The number of oxazole rings is 1. The maximum Gasteiger partial charge on any atom is 0.214 e. The summed E-state index contributed by atoms with van der Waals surface area (Å²) in [4.78, 5) is 8.87. The number of hydrogen-bond donors (Lipinski definition) is 0. The van der Waals surface area contributed by atoms with Gasteiger partial charge in [0.25, 0.3) is 0 Å². The molecule has 0 aliphatic carbocycles. The van der Waals surface area contributed by atoms with E-state index in [2.05, 4.69) is 9.97 Å². The van der Waals surface area contributed by atoms with Crippen molar-refractivity contribution < 1.29 is 4.42 Å². The Morgan fingerprint density at radius 1 is 1.14 bits per heavy atom. The van der Waals surface area contributed by atoms with Gasteiger partial charge >= 0.3 is 0 Å². The highest BCUT2D eigenvalue weighted by Gasteiger charge is 2.15. The van der Waals surface area contributed by atoms with E-state index in [4.69, 9.17) is 39.2 Å². The number of hydrogen-bond acceptors (Lipinski definition) is 3. The molecule has 0 aliphatic rings. The van der Waals surface area contributed by atoms with Crippen molar-refractivity contribution in [1.29, 1.82) is 0 Å². The SMILES string of the molecule is Cc1nc(Cn2c(CCl)nc3cc(Cl)c(Cl)cc32)oc1C. The molecule has 0 bridgehead atoms. The van der Waals surface area contributed by atoms with E-state index in [1.807, 2.05) is 18.4 Å². The summed E-state index contributed by atoms with van der Waals surface area (Å²) in [6.45, 7) is 4.25. The van der Waals surface area contributed by atoms with Crippen LogP contribution in [-0.4, -0.2) is 14.5 Å². The van der Waals surface area contributed by atoms with E-state index in [0.29, 0.717) is 22.5 Å². The van der Waals surface area contributed by atoms with E-state index in [9.17, 15) is 0 Å². The number of alkyl halides is 1. The van der Waals surface area contributed by atoms with E-state index in [-0.39, 0.29) is 5.88 Å². The molecule has 0 spiro atoms. The van der Waals surface area contributed by atoms with E-state index in [1.54, 1.807) is 12.1 Å². The summed E-state index contributed by atoms with van der Waals surface area (Å²) in [7, 11) is 0. The Bertz CT molecular complexity index is 803. The van der Waals surface area contributed by atoms with Crippen LogP contribution in [0, 0.1) is 13.8 Å². The van der Waals surface area contributed by atoms with Crippen LogP contribution in [0.5, 0.6) is 0 Å². The summed E-state index contributed by atoms with van der Waals surface area (Å²) >= 11 is 18.1. The molecule has 3 rings (SSSR count). The van der Waals surface area contributed by atoms with Gasteiger partial charge in [0.15, 0.2) is 0 Å². The van der Waals surface area contributed by atoms with Crippen LogP contribution in [0.3, 0.4) is 0 Å². The van der Waals surface area contributed by atoms with Gasteiger partial charge in [-0.3, -0.25) is 0 Å². The molecule has 0 unspecified atom stereocenters. The molecule has 0 radical (unpaired) electrons. The van der Waals surface area contributed by atoms with Crippen LogP contribution in [-0.2, 0) is 12.4 Å². The zero-order chi connectivity index (χ0) is 15.1. The Morgan fingerprint density at radius 2 is 1.86 bits per heavy atom. The fourth-order valence-electron chi connectivity index (χ4n) is 2.19. The predicted octanol–water partition coefficient (Wildman–Crippen LogP) is 4.74. The van der Waals surface area contributed by atoms with Gasteiger partial charge in [0.2, 0.25) is 5.89 Å². The van der Waals surface area contributed by atoms with Crippen LogP contribution >= 0.6 is 34.8 Å². The Hall–Kier alpha value is -1.23. The van der Waals surface area contributed by atoms with E-state index in [1.165, 1.54) is 0 Å². The Labute approximate surface area is 136 Å². The molecule has 0 saturated carbocycles. The molecule has 2 heterocycles. The first kappa shape index (κ1) is 14.7. The van der Waals surface area contributed by atoms with Gasteiger partial charge in [-0.15, -0.1) is 11.6 Å². The number of nitrogens with zero attached hydrogens (tertiary/aromatic N) is 3. The fourth-order valence-corrected chi connectivity index (χ4v) is 2.71. The lowest BCUT2D eigenvalue weighted by atomic mass is 10.3. The van der Waals surface area contributed by atoms with Crippen LogP contribution in [0.4, 0.5) is 0 Å². The molecule has 4 nitrogen and oxygen atoms in total. The minimum atomic E-state index is 0.280. The van der Waals surface area contributed by atoms with Crippen LogP contribution in [0.25, 0.3) is 11.0 Å². The summed E-state index contributed by atoms with van der Waals surface area (Å²) in [5.74, 6) is 2.42. The monoisotopic (exact) mass is 343 g/mol. The molecule has 0 aliphatic heterocycles. The Balaban J connectivity index is 2.13. The molecule has 0 atom stereocenters. The molecular formula is C14H12Cl3N3O. The first-order chi connectivity index (χ1) is 9.99. The van der Waals surface area contributed by atoms with Crippen LogP contribution < -0.4 is 0 Å². The Kier molecular flexibility index (Phi) is 3.86. The maximum atomic E-state index is 6.10. The first-order valence-corrected chi connectivity index (χ1v) is 7.61. The van der Waals surface area contributed by atoms with Crippen molar-refractivity contribution in [2.45, 2.75) is 26.3 Å². The smallest absolute Gasteiger partial charge is 0.214 e. The summed E-state index contributed by atoms with van der Waals surface area (Å²) < 4.78 is 7.57. The molecule has 0 saturated heterocycles. The number of halogens is 3. The largest absolute Gasteiger partial charge is 0.444 e. The normalized spacial score (nSPS) is 11.5. The minimum Gasteiger partial charge on any atom is -0.444 e. The third-order valence-corrected chi connectivity index (χ3v) is 4.32. The third-order valence-electron chi connectivity index (χ3n) is 3.36. The van der Waals surface area contributed by atoms with Gasteiger partial charge in [-0.2, -0.15) is 0 Å². The number of imidazole rings is 1. The average molecular weight is 345 g/mol. The van der Waals surface area contributed by atoms with Gasteiger partial charge in [-0.25, -0.2) is 9.97 Å². The van der Waals surface area contributed by atoms with Gasteiger partial charge < -0.3 is 8.98 Å². The Morgan fingerprint density at radius 3 is 2.48 bits per heavy atom.